The largest absolute Gasteiger partial charge is 0.327 e. The highest BCUT2D eigenvalue weighted by atomic mass is 32.2. The number of carbonyl (C=O) groups excluding carboxylic acids is 2. The first-order chi connectivity index (χ1) is 18.4. The maximum atomic E-state index is 13.8. The van der Waals surface area contributed by atoms with Crippen molar-refractivity contribution in [3.63, 3.8) is 0 Å². The lowest BCUT2D eigenvalue weighted by atomic mass is 9.93. The Morgan fingerprint density at radius 2 is 1.87 bits per heavy atom. The number of carbonyl (C=O) groups is 2. The van der Waals surface area contributed by atoms with Crippen molar-refractivity contribution in [2.45, 2.75) is 25.7 Å². The topological polar surface area (TPSA) is 122 Å². The van der Waals surface area contributed by atoms with Crippen LogP contribution >= 0.6 is 0 Å². The molecule has 206 valence electrons. The normalized spacial score (nSPS) is 13.6. The highest BCUT2D eigenvalue weighted by Gasteiger charge is 2.32. The summed E-state index contributed by atoms with van der Waals surface area (Å²) >= 11 is 0. The number of benzene rings is 1. The van der Waals surface area contributed by atoms with Gasteiger partial charge < -0.3 is 9.47 Å². The Hall–Kier alpha value is -4.13. The van der Waals surface area contributed by atoms with Gasteiger partial charge in [0, 0.05) is 57.5 Å². The number of fused-ring (bicyclic) bond motifs is 1. The van der Waals surface area contributed by atoms with Gasteiger partial charge in [-0.1, -0.05) is 6.07 Å². The van der Waals surface area contributed by atoms with E-state index in [2.05, 4.69) is 4.98 Å². The van der Waals surface area contributed by atoms with E-state index in [1.54, 1.807) is 12.1 Å². The predicted octanol–water partition coefficient (Wildman–Crippen LogP) is 2.08. The zero-order valence-electron chi connectivity index (χ0n) is 21.3. The van der Waals surface area contributed by atoms with Crippen LogP contribution in [0.3, 0.4) is 0 Å². The third-order valence-corrected chi connectivity index (χ3v) is 7.90. The van der Waals surface area contributed by atoms with Crippen LogP contribution in [0.2, 0.25) is 0 Å². The lowest BCUT2D eigenvalue weighted by Gasteiger charge is -2.24. The van der Waals surface area contributed by atoms with Gasteiger partial charge >= 0.3 is 10.2 Å². The van der Waals surface area contributed by atoms with Gasteiger partial charge in [0.1, 0.15) is 17.5 Å². The molecule has 3 aromatic rings. The van der Waals surface area contributed by atoms with Crippen LogP contribution in [0.25, 0.3) is 0 Å². The van der Waals surface area contributed by atoms with Crippen LogP contribution in [-0.2, 0) is 39.7 Å². The molecule has 0 fully saturated rings. The van der Waals surface area contributed by atoms with Crippen molar-refractivity contribution in [1.82, 2.24) is 14.3 Å². The maximum absolute atomic E-state index is 13.8. The summed E-state index contributed by atoms with van der Waals surface area (Å²) in [5.74, 6) is -3.63. The molecule has 1 aliphatic heterocycles. The number of rotatable bonds is 9. The number of hydrogen-bond acceptors (Lipinski definition) is 6. The Bertz CT molecular complexity index is 1560. The molecule has 1 aromatic carbocycles. The molecule has 0 saturated carbocycles. The van der Waals surface area contributed by atoms with E-state index in [9.17, 15) is 31.6 Å². The standard InChI is InChI=1S/C26H27F2N5O5S/c1-31-16-22(6-8-24(31)35)32(2)26(36)19(12-17-13-20(27)15-21(28)14-17)5-7-23(34)30-39(37,38)33-11-9-18-4-3-10-29-25(18)33/h3-4,6,8,10,13-16,19H,5,7,9,11-12H2,1-2H3,(H,30,34)/t19-/m0/s1. The Balaban J connectivity index is 1.50. The van der Waals surface area contributed by atoms with E-state index in [4.69, 9.17) is 0 Å². The van der Waals surface area contributed by atoms with Gasteiger partial charge in [-0.05, 0) is 54.7 Å². The number of amides is 2. The molecular formula is C26H27F2N5O5S. The van der Waals surface area contributed by atoms with E-state index in [1.807, 2.05) is 4.72 Å². The molecule has 3 heterocycles. The quantitative estimate of drug-likeness (QED) is 0.429. The maximum Gasteiger partial charge on any atom is 0.327 e. The molecule has 2 aromatic heterocycles. The van der Waals surface area contributed by atoms with Crippen LogP contribution in [0.5, 0.6) is 0 Å². The summed E-state index contributed by atoms with van der Waals surface area (Å²) in [6.45, 7) is 0.131. The fourth-order valence-electron chi connectivity index (χ4n) is 4.47. The minimum absolute atomic E-state index is 0.104. The van der Waals surface area contributed by atoms with Gasteiger partial charge in [0.05, 0.1) is 5.69 Å². The third-order valence-electron chi connectivity index (χ3n) is 6.48. The van der Waals surface area contributed by atoms with E-state index in [1.165, 1.54) is 48.1 Å². The fourth-order valence-corrected chi connectivity index (χ4v) is 5.70. The number of aryl methyl sites for hydroxylation is 1. The van der Waals surface area contributed by atoms with Gasteiger partial charge in [-0.3, -0.25) is 14.4 Å². The minimum atomic E-state index is -4.23. The van der Waals surface area contributed by atoms with Crippen molar-refractivity contribution in [3.05, 3.63) is 88.0 Å². The highest BCUT2D eigenvalue weighted by Crippen LogP contribution is 2.27. The number of aromatic nitrogens is 2. The van der Waals surface area contributed by atoms with Gasteiger partial charge in [-0.2, -0.15) is 8.42 Å². The monoisotopic (exact) mass is 559 g/mol. The molecule has 10 nitrogen and oxygen atoms in total. The second kappa shape index (κ2) is 11.3. The molecule has 1 aliphatic rings. The van der Waals surface area contributed by atoms with Crippen molar-refractivity contribution in [1.29, 1.82) is 0 Å². The van der Waals surface area contributed by atoms with Crippen LogP contribution in [-0.4, -0.2) is 43.4 Å². The van der Waals surface area contributed by atoms with Gasteiger partial charge in [-0.25, -0.2) is 22.8 Å². The van der Waals surface area contributed by atoms with Crippen molar-refractivity contribution in [2.24, 2.45) is 13.0 Å². The first kappa shape index (κ1) is 27.9. The average molecular weight is 560 g/mol. The highest BCUT2D eigenvalue weighted by molar-refractivity contribution is 7.91. The molecule has 1 N–H and O–H groups in total. The molecule has 0 radical (unpaired) electrons. The summed E-state index contributed by atoms with van der Waals surface area (Å²) in [6, 6.07) is 9.10. The summed E-state index contributed by atoms with van der Waals surface area (Å²) in [5, 5.41) is 0. The number of pyridine rings is 2. The SMILES string of the molecule is CN(C(=O)[C@@H](CCC(=O)NS(=O)(=O)N1CCc2cccnc21)Cc1cc(F)cc(F)c1)c1ccc(=O)n(C)c1. The molecular weight excluding hydrogens is 532 g/mol. The lowest BCUT2D eigenvalue weighted by Crippen LogP contribution is -2.43. The number of anilines is 2. The average Bonchev–Trinajstić information content (AvgIpc) is 3.32. The molecule has 1 atom stereocenters. The smallest absolute Gasteiger partial charge is 0.317 e. The first-order valence-electron chi connectivity index (χ1n) is 12.1. The number of nitrogens with zero attached hydrogens (tertiary/aromatic N) is 4. The number of halogens is 2. The summed E-state index contributed by atoms with van der Waals surface area (Å²) in [4.78, 5) is 43.3. The van der Waals surface area contributed by atoms with E-state index in [0.717, 1.165) is 22.0 Å². The first-order valence-corrected chi connectivity index (χ1v) is 13.5. The number of hydrogen-bond donors (Lipinski definition) is 1. The molecule has 13 heteroatoms. The van der Waals surface area contributed by atoms with Gasteiger partial charge in [0.25, 0.3) is 0 Å². The van der Waals surface area contributed by atoms with Crippen LogP contribution in [0, 0.1) is 17.6 Å². The molecule has 0 spiro atoms. The molecule has 0 bridgehead atoms. The summed E-state index contributed by atoms with van der Waals surface area (Å²) in [5.41, 5.74) is 1.06. The Morgan fingerprint density at radius 3 is 2.56 bits per heavy atom. The van der Waals surface area contributed by atoms with Gasteiger partial charge in [0.2, 0.25) is 17.4 Å². The van der Waals surface area contributed by atoms with Crippen LogP contribution in [0.1, 0.15) is 24.0 Å². The molecule has 0 saturated heterocycles. The minimum Gasteiger partial charge on any atom is -0.317 e. The Morgan fingerprint density at radius 1 is 1.15 bits per heavy atom. The Kier molecular flexibility index (Phi) is 8.09. The number of nitrogens with one attached hydrogen (secondary N) is 1. The van der Waals surface area contributed by atoms with Crippen LogP contribution in [0.15, 0.2) is 59.7 Å². The molecule has 2 amide bonds. The second-order valence-electron chi connectivity index (χ2n) is 9.29. The fraction of sp³-hybridized carbons (Fsp3) is 0.308. The third kappa shape index (κ3) is 6.48. The van der Waals surface area contributed by atoms with Crippen molar-refractivity contribution in [2.75, 3.05) is 22.8 Å². The Labute approximate surface area is 224 Å². The van der Waals surface area contributed by atoms with Crippen LogP contribution < -0.4 is 19.5 Å². The van der Waals surface area contributed by atoms with Crippen molar-refractivity contribution < 1.29 is 26.8 Å². The van der Waals surface area contributed by atoms with E-state index < -0.39 is 39.6 Å². The molecule has 4 rings (SSSR count). The molecule has 39 heavy (non-hydrogen) atoms. The predicted molar refractivity (Wildman–Crippen MR) is 140 cm³/mol. The van der Waals surface area contributed by atoms with Gasteiger partial charge in [-0.15, -0.1) is 0 Å². The zero-order valence-corrected chi connectivity index (χ0v) is 22.1. The second-order valence-corrected chi connectivity index (χ2v) is 10.9. The van der Waals surface area contributed by atoms with Crippen molar-refractivity contribution >= 4 is 33.5 Å². The van der Waals surface area contributed by atoms with Crippen molar-refractivity contribution in [3.8, 4) is 0 Å². The van der Waals surface area contributed by atoms with E-state index in [0.29, 0.717) is 18.2 Å². The van der Waals surface area contributed by atoms with Crippen LogP contribution in [0.4, 0.5) is 20.3 Å². The molecule has 0 aliphatic carbocycles. The summed E-state index contributed by atoms with van der Waals surface area (Å²) in [7, 11) is -1.23. The summed E-state index contributed by atoms with van der Waals surface area (Å²) in [6.07, 6.45) is 2.81. The summed E-state index contributed by atoms with van der Waals surface area (Å²) < 4.78 is 57.7. The molecule has 0 unspecified atom stereocenters. The zero-order chi connectivity index (χ0) is 28.3. The lowest BCUT2D eigenvalue weighted by molar-refractivity contribution is -0.123. The van der Waals surface area contributed by atoms with Gasteiger partial charge in [0.15, 0.2) is 0 Å². The van der Waals surface area contributed by atoms with E-state index >= 15 is 0 Å². The van der Waals surface area contributed by atoms with E-state index in [-0.39, 0.29) is 42.7 Å².